The summed E-state index contributed by atoms with van der Waals surface area (Å²) in [5, 5.41) is 0. The number of benzene rings is 1. The van der Waals surface area contributed by atoms with Crippen LogP contribution in [0, 0.1) is 12.7 Å². The summed E-state index contributed by atoms with van der Waals surface area (Å²) in [5.41, 5.74) is 3.33. The van der Waals surface area contributed by atoms with E-state index in [0.717, 1.165) is 54.7 Å². The number of H-pyrrole nitrogens is 1. The van der Waals surface area contributed by atoms with Crippen LogP contribution in [0.25, 0.3) is 11.3 Å². The SMILES string of the molecule is Cc1[nH]c(-c2ccc(F)cc2)cc1C(=O)N1CCN(C2CCCC2)CC1. The van der Waals surface area contributed by atoms with Crippen LogP contribution >= 0.6 is 0 Å². The molecule has 2 aromatic rings. The Morgan fingerprint density at radius 2 is 1.73 bits per heavy atom. The molecule has 2 fully saturated rings. The molecule has 4 nitrogen and oxygen atoms in total. The molecular formula is C21H26FN3O. The fourth-order valence-electron chi connectivity index (χ4n) is 4.30. The lowest BCUT2D eigenvalue weighted by Gasteiger charge is -2.38. The molecule has 138 valence electrons. The number of nitrogens with one attached hydrogen (secondary N) is 1. The van der Waals surface area contributed by atoms with Crippen LogP contribution in [0.3, 0.4) is 0 Å². The highest BCUT2D eigenvalue weighted by Crippen LogP contribution is 2.26. The van der Waals surface area contributed by atoms with Crippen molar-refractivity contribution < 1.29 is 9.18 Å². The van der Waals surface area contributed by atoms with Crippen LogP contribution in [-0.2, 0) is 0 Å². The minimum atomic E-state index is -0.256. The predicted molar refractivity (Wildman–Crippen MR) is 101 cm³/mol. The number of aryl methyl sites for hydroxylation is 1. The van der Waals surface area contributed by atoms with Gasteiger partial charge in [-0.2, -0.15) is 0 Å². The smallest absolute Gasteiger partial charge is 0.255 e. The molecule has 4 rings (SSSR count). The third-order valence-electron chi connectivity index (χ3n) is 5.84. The maximum atomic E-state index is 13.1. The molecule has 0 unspecified atom stereocenters. The number of amides is 1. The van der Waals surface area contributed by atoms with Crippen LogP contribution in [-0.4, -0.2) is 52.9 Å². The van der Waals surface area contributed by atoms with E-state index in [1.165, 1.54) is 37.8 Å². The van der Waals surface area contributed by atoms with Crippen molar-refractivity contribution in [2.24, 2.45) is 0 Å². The average molecular weight is 355 g/mol. The molecule has 1 amide bonds. The van der Waals surface area contributed by atoms with Gasteiger partial charge in [0.05, 0.1) is 5.56 Å². The Hall–Kier alpha value is -2.14. The van der Waals surface area contributed by atoms with Gasteiger partial charge in [0, 0.05) is 43.6 Å². The Morgan fingerprint density at radius 1 is 1.08 bits per heavy atom. The van der Waals surface area contributed by atoms with Crippen molar-refractivity contribution in [1.82, 2.24) is 14.8 Å². The summed E-state index contributed by atoms with van der Waals surface area (Å²) in [6.45, 7) is 5.47. The molecule has 1 N–H and O–H groups in total. The predicted octanol–water partition coefficient (Wildman–Crippen LogP) is 3.83. The monoisotopic (exact) mass is 355 g/mol. The van der Waals surface area contributed by atoms with Crippen LogP contribution in [0.15, 0.2) is 30.3 Å². The number of carbonyl (C=O) groups excluding carboxylic acids is 1. The second-order valence-corrected chi connectivity index (χ2v) is 7.50. The van der Waals surface area contributed by atoms with Gasteiger partial charge in [0.1, 0.15) is 5.82 Å². The van der Waals surface area contributed by atoms with Crippen LogP contribution < -0.4 is 0 Å². The molecule has 1 aromatic carbocycles. The molecule has 1 saturated carbocycles. The second-order valence-electron chi connectivity index (χ2n) is 7.50. The molecule has 0 radical (unpaired) electrons. The third-order valence-corrected chi connectivity index (χ3v) is 5.84. The van der Waals surface area contributed by atoms with E-state index < -0.39 is 0 Å². The fraction of sp³-hybridized carbons (Fsp3) is 0.476. The number of piperazine rings is 1. The molecule has 0 spiro atoms. The molecule has 1 aliphatic heterocycles. The summed E-state index contributed by atoms with van der Waals surface area (Å²) in [4.78, 5) is 20.8. The summed E-state index contributed by atoms with van der Waals surface area (Å²) in [5.74, 6) is -0.161. The van der Waals surface area contributed by atoms with Gasteiger partial charge < -0.3 is 9.88 Å². The lowest BCUT2D eigenvalue weighted by atomic mass is 10.1. The largest absolute Gasteiger partial charge is 0.358 e. The highest BCUT2D eigenvalue weighted by Gasteiger charge is 2.29. The number of nitrogens with zero attached hydrogens (tertiary/aromatic N) is 2. The summed E-state index contributed by atoms with van der Waals surface area (Å²) in [7, 11) is 0. The first kappa shape index (κ1) is 17.3. The Bertz CT molecular complexity index is 769. The first-order chi connectivity index (χ1) is 12.6. The van der Waals surface area contributed by atoms with Crippen molar-refractivity contribution in [3.05, 3.63) is 47.4 Å². The summed E-state index contributed by atoms with van der Waals surface area (Å²) >= 11 is 0. The number of carbonyl (C=O) groups is 1. The lowest BCUT2D eigenvalue weighted by molar-refractivity contribution is 0.0573. The third kappa shape index (κ3) is 3.40. The standard InChI is InChI=1S/C21H26FN3O/c1-15-19(14-20(23-15)16-6-8-17(22)9-7-16)21(26)25-12-10-24(11-13-25)18-4-2-3-5-18/h6-9,14,18,23H,2-5,10-13H2,1H3. The van der Waals surface area contributed by atoms with Crippen LogP contribution in [0.5, 0.6) is 0 Å². The van der Waals surface area contributed by atoms with Crippen LogP contribution in [0.2, 0.25) is 0 Å². The molecule has 1 aliphatic carbocycles. The molecule has 0 bridgehead atoms. The number of rotatable bonds is 3. The molecular weight excluding hydrogens is 329 g/mol. The van der Waals surface area contributed by atoms with Gasteiger partial charge in [0.15, 0.2) is 0 Å². The van der Waals surface area contributed by atoms with E-state index in [4.69, 9.17) is 0 Å². The van der Waals surface area contributed by atoms with Crippen LogP contribution in [0.1, 0.15) is 41.7 Å². The molecule has 26 heavy (non-hydrogen) atoms. The Labute approximate surface area is 154 Å². The fourth-order valence-corrected chi connectivity index (χ4v) is 4.30. The van der Waals surface area contributed by atoms with Gasteiger partial charge >= 0.3 is 0 Å². The van der Waals surface area contributed by atoms with Crippen molar-refractivity contribution in [1.29, 1.82) is 0 Å². The van der Waals surface area contributed by atoms with Gasteiger partial charge in [-0.25, -0.2) is 4.39 Å². The zero-order valence-electron chi connectivity index (χ0n) is 15.3. The maximum Gasteiger partial charge on any atom is 0.255 e. The molecule has 2 aliphatic rings. The quantitative estimate of drug-likeness (QED) is 0.909. The number of hydrogen-bond donors (Lipinski definition) is 1. The minimum absolute atomic E-state index is 0.0955. The minimum Gasteiger partial charge on any atom is -0.358 e. The Kier molecular flexibility index (Phi) is 4.81. The van der Waals surface area contributed by atoms with Gasteiger partial charge in [0.2, 0.25) is 0 Å². The van der Waals surface area contributed by atoms with Gasteiger partial charge in [-0.05, 0) is 55.7 Å². The molecule has 0 atom stereocenters. The molecule has 1 aromatic heterocycles. The first-order valence-electron chi connectivity index (χ1n) is 9.61. The highest BCUT2D eigenvalue weighted by atomic mass is 19.1. The van der Waals surface area contributed by atoms with Crippen molar-refractivity contribution in [3.63, 3.8) is 0 Å². The Balaban J connectivity index is 1.44. The van der Waals surface area contributed by atoms with E-state index in [1.807, 2.05) is 17.9 Å². The number of halogens is 1. The van der Waals surface area contributed by atoms with Gasteiger partial charge in [-0.15, -0.1) is 0 Å². The second kappa shape index (κ2) is 7.23. The van der Waals surface area contributed by atoms with Gasteiger partial charge in [0.25, 0.3) is 5.91 Å². The first-order valence-corrected chi connectivity index (χ1v) is 9.61. The zero-order chi connectivity index (χ0) is 18.1. The van der Waals surface area contributed by atoms with E-state index >= 15 is 0 Å². The average Bonchev–Trinajstić information content (AvgIpc) is 3.32. The van der Waals surface area contributed by atoms with Crippen molar-refractivity contribution in [3.8, 4) is 11.3 Å². The molecule has 1 saturated heterocycles. The molecule has 5 heteroatoms. The maximum absolute atomic E-state index is 13.1. The molecule has 2 heterocycles. The van der Waals surface area contributed by atoms with E-state index in [1.54, 1.807) is 12.1 Å². The van der Waals surface area contributed by atoms with Gasteiger partial charge in [-0.3, -0.25) is 9.69 Å². The number of hydrogen-bond acceptors (Lipinski definition) is 2. The zero-order valence-corrected chi connectivity index (χ0v) is 15.3. The van der Waals surface area contributed by atoms with Crippen molar-refractivity contribution in [2.75, 3.05) is 26.2 Å². The van der Waals surface area contributed by atoms with Gasteiger partial charge in [-0.1, -0.05) is 12.8 Å². The van der Waals surface area contributed by atoms with Crippen LogP contribution in [0.4, 0.5) is 4.39 Å². The Morgan fingerprint density at radius 3 is 2.38 bits per heavy atom. The van der Waals surface area contributed by atoms with Crippen molar-refractivity contribution in [2.45, 2.75) is 38.6 Å². The normalized spacial score (nSPS) is 19.2. The van der Waals surface area contributed by atoms with E-state index in [2.05, 4.69) is 9.88 Å². The van der Waals surface area contributed by atoms with Crippen molar-refractivity contribution >= 4 is 5.91 Å². The summed E-state index contributed by atoms with van der Waals surface area (Å²) < 4.78 is 13.1. The number of aromatic amines is 1. The lowest BCUT2D eigenvalue weighted by Crippen LogP contribution is -2.51. The van der Waals surface area contributed by atoms with E-state index in [-0.39, 0.29) is 11.7 Å². The summed E-state index contributed by atoms with van der Waals surface area (Å²) in [6, 6.07) is 8.97. The topological polar surface area (TPSA) is 39.3 Å². The number of aromatic nitrogens is 1. The summed E-state index contributed by atoms with van der Waals surface area (Å²) in [6.07, 6.45) is 5.31. The van der Waals surface area contributed by atoms with E-state index in [0.29, 0.717) is 0 Å². The van der Waals surface area contributed by atoms with E-state index in [9.17, 15) is 9.18 Å². The highest BCUT2D eigenvalue weighted by molar-refractivity contribution is 5.96.